The van der Waals surface area contributed by atoms with Gasteiger partial charge in [-0.1, -0.05) is 30.3 Å². The molecular formula is C14H19NO. The molecule has 3 aliphatic rings. The summed E-state index contributed by atoms with van der Waals surface area (Å²) in [6, 6.07) is 10.8. The molecule has 1 N–H and O–H groups in total. The Bertz CT molecular complexity index is 378. The van der Waals surface area contributed by atoms with Gasteiger partial charge in [0.25, 0.3) is 0 Å². The molecule has 16 heavy (non-hydrogen) atoms. The first kappa shape index (κ1) is 10.3. The second-order valence-electron chi connectivity index (χ2n) is 5.36. The lowest BCUT2D eigenvalue weighted by molar-refractivity contribution is -0.126. The minimum atomic E-state index is -0.573. The Morgan fingerprint density at radius 1 is 1.25 bits per heavy atom. The molecule has 2 saturated heterocycles. The zero-order chi connectivity index (χ0) is 11.2. The largest absolute Gasteiger partial charge is 0.385 e. The molecule has 1 aliphatic carbocycles. The lowest BCUT2D eigenvalue weighted by Crippen LogP contribution is -2.57. The number of benzene rings is 1. The van der Waals surface area contributed by atoms with E-state index in [0.717, 1.165) is 18.5 Å². The van der Waals surface area contributed by atoms with Crippen LogP contribution >= 0.6 is 0 Å². The van der Waals surface area contributed by atoms with Crippen LogP contribution in [0.3, 0.4) is 0 Å². The number of rotatable bonds is 1. The molecule has 2 heterocycles. The summed E-state index contributed by atoms with van der Waals surface area (Å²) in [5.41, 5.74) is 0.536. The number of fused-ring (bicyclic) bond motifs is 3. The van der Waals surface area contributed by atoms with Gasteiger partial charge in [0.2, 0.25) is 0 Å². The molecular weight excluding hydrogens is 198 g/mol. The van der Waals surface area contributed by atoms with Crippen LogP contribution in [0.1, 0.15) is 24.8 Å². The summed E-state index contributed by atoms with van der Waals surface area (Å²) < 4.78 is 0. The van der Waals surface area contributed by atoms with E-state index in [9.17, 15) is 5.11 Å². The van der Waals surface area contributed by atoms with Gasteiger partial charge in [0.05, 0.1) is 5.60 Å². The maximum Gasteiger partial charge on any atom is 0.0951 e. The summed E-state index contributed by atoms with van der Waals surface area (Å²) in [7, 11) is 2.18. The molecule has 2 nitrogen and oxygen atoms in total. The topological polar surface area (TPSA) is 23.5 Å². The van der Waals surface area contributed by atoms with Crippen molar-refractivity contribution in [1.29, 1.82) is 0 Å². The van der Waals surface area contributed by atoms with Crippen molar-refractivity contribution < 1.29 is 5.11 Å². The minimum Gasteiger partial charge on any atom is -0.385 e. The van der Waals surface area contributed by atoms with Crippen LogP contribution in [0.15, 0.2) is 30.3 Å². The first-order valence-electron chi connectivity index (χ1n) is 6.18. The van der Waals surface area contributed by atoms with Crippen LogP contribution in [0, 0.1) is 5.92 Å². The summed E-state index contributed by atoms with van der Waals surface area (Å²) >= 11 is 0. The average Bonchev–Trinajstić information content (AvgIpc) is 2.32. The van der Waals surface area contributed by atoms with Crippen molar-refractivity contribution in [3.05, 3.63) is 35.9 Å². The van der Waals surface area contributed by atoms with E-state index in [1.54, 1.807) is 0 Å². The van der Waals surface area contributed by atoms with Gasteiger partial charge in [-0.15, -0.1) is 0 Å². The van der Waals surface area contributed by atoms with E-state index in [2.05, 4.69) is 24.1 Å². The first-order valence-corrected chi connectivity index (χ1v) is 6.18. The molecule has 0 radical (unpaired) electrons. The average molecular weight is 217 g/mol. The van der Waals surface area contributed by atoms with Gasteiger partial charge >= 0.3 is 0 Å². The number of aliphatic hydroxyl groups is 1. The van der Waals surface area contributed by atoms with E-state index < -0.39 is 5.60 Å². The Kier molecular flexibility index (Phi) is 2.30. The quantitative estimate of drug-likeness (QED) is 0.777. The fourth-order valence-corrected chi connectivity index (χ4v) is 3.46. The molecule has 1 aromatic carbocycles. The van der Waals surface area contributed by atoms with Crippen molar-refractivity contribution in [2.45, 2.75) is 30.9 Å². The monoisotopic (exact) mass is 217 g/mol. The van der Waals surface area contributed by atoms with Crippen LogP contribution in [0.2, 0.25) is 0 Å². The molecule has 4 rings (SSSR count). The number of hydrogen-bond donors (Lipinski definition) is 1. The molecule has 3 atom stereocenters. The maximum atomic E-state index is 10.9. The van der Waals surface area contributed by atoms with E-state index in [1.165, 1.54) is 12.8 Å². The third-order valence-electron chi connectivity index (χ3n) is 4.48. The zero-order valence-corrected chi connectivity index (χ0v) is 9.76. The minimum absolute atomic E-state index is 0.407. The number of piperidine rings is 2. The van der Waals surface area contributed by atoms with E-state index in [4.69, 9.17) is 0 Å². The Labute approximate surface area is 96.9 Å². The lowest BCUT2D eigenvalue weighted by atomic mass is 9.66. The summed E-state index contributed by atoms with van der Waals surface area (Å²) in [6.45, 7) is 1.04. The third kappa shape index (κ3) is 1.40. The van der Waals surface area contributed by atoms with Crippen LogP contribution in [0.4, 0.5) is 0 Å². The SMILES string of the molecule is CN1C[C@@H]2CC[C@@H]1C[C@@]2(O)c1ccccc1. The number of hydrogen-bond acceptors (Lipinski definition) is 2. The molecule has 1 aromatic rings. The Morgan fingerprint density at radius 3 is 2.56 bits per heavy atom. The van der Waals surface area contributed by atoms with Crippen LogP contribution in [0.25, 0.3) is 0 Å². The predicted octanol–water partition coefficient (Wildman–Crippen LogP) is 1.99. The molecule has 0 spiro atoms. The fourth-order valence-electron chi connectivity index (χ4n) is 3.46. The summed E-state index contributed by atoms with van der Waals surface area (Å²) in [4.78, 5) is 2.41. The molecule has 0 unspecified atom stereocenters. The third-order valence-corrected chi connectivity index (χ3v) is 4.48. The van der Waals surface area contributed by atoms with Gasteiger partial charge in [0.1, 0.15) is 0 Å². The highest BCUT2D eigenvalue weighted by Crippen LogP contribution is 2.47. The summed E-state index contributed by atoms with van der Waals surface area (Å²) in [5.74, 6) is 0.407. The zero-order valence-electron chi connectivity index (χ0n) is 9.76. The Balaban J connectivity index is 1.95. The van der Waals surface area contributed by atoms with Crippen molar-refractivity contribution >= 4 is 0 Å². The fraction of sp³-hybridized carbons (Fsp3) is 0.571. The maximum absolute atomic E-state index is 10.9. The van der Waals surface area contributed by atoms with Crippen molar-refractivity contribution in [3.63, 3.8) is 0 Å². The highest BCUT2D eigenvalue weighted by Gasteiger charge is 2.49. The number of nitrogens with zero attached hydrogens (tertiary/aromatic N) is 1. The first-order chi connectivity index (χ1) is 7.70. The second-order valence-corrected chi connectivity index (χ2v) is 5.36. The molecule has 2 aliphatic heterocycles. The van der Waals surface area contributed by atoms with Crippen LogP contribution < -0.4 is 0 Å². The van der Waals surface area contributed by atoms with Gasteiger partial charge in [0.15, 0.2) is 0 Å². The van der Waals surface area contributed by atoms with Gasteiger partial charge in [-0.3, -0.25) is 0 Å². The molecule has 86 valence electrons. The van der Waals surface area contributed by atoms with Crippen molar-refractivity contribution in [2.75, 3.05) is 13.6 Å². The van der Waals surface area contributed by atoms with E-state index in [-0.39, 0.29) is 0 Å². The normalized spacial score (nSPS) is 38.9. The van der Waals surface area contributed by atoms with Gasteiger partial charge in [-0.05, 0) is 31.9 Å². The smallest absolute Gasteiger partial charge is 0.0951 e. The van der Waals surface area contributed by atoms with Crippen LogP contribution in [-0.2, 0) is 5.60 Å². The van der Waals surface area contributed by atoms with Gasteiger partial charge in [-0.2, -0.15) is 0 Å². The Hall–Kier alpha value is -0.860. The van der Waals surface area contributed by atoms with E-state index >= 15 is 0 Å². The van der Waals surface area contributed by atoms with Gasteiger partial charge in [0, 0.05) is 18.5 Å². The lowest BCUT2D eigenvalue weighted by Gasteiger charge is -2.53. The molecule has 0 amide bonds. The van der Waals surface area contributed by atoms with Crippen molar-refractivity contribution in [3.8, 4) is 0 Å². The van der Waals surface area contributed by atoms with E-state index in [1.807, 2.05) is 18.2 Å². The molecule has 2 bridgehead atoms. The molecule has 3 fully saturated rings. The van der Waals surface area contributed by atoms with Gasteiger partial charge < -0.3 is 10.0 Å². The molecule has 1 saturated carbocycles. The van der Waals surface area contributed by atoms with E-state index in [0.29, 0.717) is 12.0 Å². The molecule has 0 aromatic heterocycles. The second kappa shape index (κ2) is 3.57. The highest BCUT2D eigenvalue weighted by atomic mass is 16.3. The predicted molar refractivity (Wildman–Crippen MR) is 64.1 cm³/mol. The van der Waals surface area contributed by atoms with Crippen molar-refractivity contribution in [2.24, 2.45) is 5.92 Å². The Morgan fingerprint density at radius 2 is 2.00 bits per heavy atom. The molecule has 2 heteroatoms. The standard InChI is InChI=1S/C14H19NO/c1-15-10-12-7-8-13(15)9-14(12,16)11-5-3-2-4-6-11/h2-6,12-13,16H,7-10H2,1H3/t12-,13+,14+/m0/s1. The summed E-state index contributed by atoms with van der Waals surface area (Å²) in [5, 5.41) is 10.9. The van der Waals surface area contributed by atoms with Crippen molar-refractivity contribution in [1.82, 2.24) is 4.90 Å². The highest BCUT2D eigenvalue weighted by molar-refractivity contribution is 5.25. The van der Waals surface area contributed by atoms with Gasteiger partial charge in [-0.25, -0.2) is 0 Å². The summed E-state index contributed by atoms with van der Waals surface area (Å²) in [6.07, 6.45) is 3.31. The van der Waals surface area contributed by atoms with Crippen LogP contribution in [-0.4, -0.2) is 29.6 Å². The van der Waals surface area contributed by atoms with Crippen LogP contribution in [0.5, 0.6) is 0 Å².